The molecule has 2 N–H and O–H groups in total. The van der Waals surface area contributed by atoms with E-state index in [1.54, 1.807) is 0 Å². The maximum absolute atomic E-state index is 11.2. The number of carbonyl (C=O) groups is 2. The maximum atomic E-state index is 11.2. The molecule has 0 aliphatic carbocycles. The smallest absolute Gasteiger partial charge is 0.410 e. The van der Waals surface area contributed by atoms with E-state index in [4.69, 9.17) is 0 Å². The molecule has 2 amide bonds. The molecule has 17 heavy (non-hydrogen) atoms. The lowest BCUT2D eigenvalue weighted by Gasteiger charge is -2.21. The lowest BCUT2D eigenvalue weighted by atomic mass is 10.1. The van der Waals surface area contributed by atoms with Crippen LogP contribution >= 0.6 is 0 Å². The van der Waals surface area contributed by atoms with Gasteiger partial charge in [0.2, 0.25) is 6.79 Å². The van der Waals surface area contributed by atoms with Gasteiger partial charge in [-0.3, -0.25) is 0 Å². The fourth-order valence-electron chi connectivity index (χ4n) is 0.821. The molecule has 0 aromatic carbocycles. The van der Waals surface area contributed by atoms with E-state index in [0.29, 0.717) is 0 Å². The Kier molecular flexibility index (Phi) is 5.25. The molecule has 0 saturated carbocycles. The molecule has 0 fully saturated rings. The second-order valence-electron chi connectivity index (χ2n) is 5.73. The van der Waals surface area contributed by atoms with E-state index in [0.717, 1.165) is 0 Å². The molecule has 6 heteroatoms. The lowest BCUT2D eigenvalue weighted by molar-refractivity contribution is 0.0196. The number of nitrogens with one attached hydrogen (secondary N) is 2. The van der Waals surface area contributed by atoms with Gasteiger partial charge in [-0.15, -0.1) is 0 Å². The van der Waals surface area contributed by atoms with E-state index in [1.165, 1.54) is 0 Å². The van der Waals surface area contributed by atoms with E-state index in [1.807, 2.05) is 41.5 Å². The highest BCUT2D eigenvalue weighted by Gasteiger charge is 2.17. The fourth-order valence-corrected chi connectivity index (χ4v) is 0.821. The molecular weight excluding hydrogens is 224 g/mol. The van der Waals surface area contributed by atoms with Crippen molar-refractivity contribution in [2.45, 2.75) is 52.6 Å². The summed E-state index contributed by atoms with van der Waals surface area (Å²) in [5.41, 5.74) is -0.768. The first-order chi connectivity index (χ1) is 7.49. The predicted molar refractivity (Wildman–Crippen MR) is 63.6 cm³/mol. The second-order valence-corrected chi connectivity index (χ2v) is 5.73. The SMILES string of the molecule is CC(C)(C)NC(=O)OCOC(=O)NC(C)(C)C. The van der Waals surface area contributed by atoms with Crippen molar-refractivity contribution in [3.8, 4) is 0 Å². The summed E-state index contributed by atoms with van der Waals surface area (Å²) in [7, 11) is 0. The van der Waals surface area contributed by atoms with Gasteiger partial charge >= 0.3 is 12.2 Å². The Bertz CT molecular complexity index is 248. The highest BCUT2D eigenvalue weighted by molar-refractivity contribution is 5.69. The fraction of sp³-hybridized carbons (Fsp3) is 0.818. The van der Waals surface area contributed by atoms with Crippen LogP contribution in [-0.4, -0.2) is 30.1 Å². The highest BCUT2D eigenvalue weighted by Crippen LogP contribution is 2.00. The summed E-state index contributed by atoms with van der Waals surface area (Å²) in [6, 6.07) is 0. The van der Waals surface area contributed by atoms with Gasteiger partial charge in [0.15, 0.2) is 0 Å². The molecule has 0 saturated heterocycles. The third-order valence-electron chi connectivity index (χ3n) is 1.33. The van der Waals surface area contributed by atoms with Crippen LogP contribution < -0.4 is 10.6 Å². The minimum Gasteiger partial charge on any atom is -0.412 e. The van der Waals surface area contributed by atoms with Gasteiger partial charge in [-0.25, -0.2) is 9.59 Å². The summed E-state index contributed by atoms with van der Waals surface area (Å²) in [6.45, 7) is 10.5. The van der Waals surface area contributed by atoms with Crippen molar-refractivity contribution >= 4 is 12.2 Å². The van der Waals surface area contributed by atoms with E-state index >= 15 is 0 Å². The largest absolute Gasteiger partial charge is 0.412 e. The third kappa shape index (κ3) is 10.8. The van der Waals surface area contributed by atoms with Crippen LogP contribution in [0.4, 0.5) is 9.59 Å². The third-order valence-corrected chi connectivity index (χ3v) is 1.33. The van der Waals surface area contributed by atoms with Crippen molar-refractivity contribution in [2.24, 2.45) is 0 Å². The Morgan fingerprint density at radius 3 is 1.35 bits per heavy atom. The Balaban J connectivity index is 3.78. The Morgan fingerprint density at radius 2 is 1.12 bits per heavy atom. The summed E-state index contributed by atoms with van der Waals surface area (Å²) >= 11 is 0. The summed E-state index contributed by atoms with van der Waals surface area (Å²) in [5, 5.41) is 5.14. The standard InChI is InChI=1S/C11H22N2O4/c1-10(2,3)12-8(14)16-7-17-9(15)13-11(4,5)6/h7H2,1-6H3,(H,12,14)(H,13,15). The molecule has 0 aliphatic heterocycles. The zero-order chi connectivity index (χ0) is 13.7. The zero-order valence-corrected chi connectivity index (χ0v) is 11.3. The number of amides is 2. The average molecular weight is 246 g/mol. The van der Waals surface area contributed by atoms with E-state index in [2.05, 4.69) is 20.1 Å². The summed E-state index contributed by atoms with van der Waals surface area (Å²) in [5.74, 6) is 0. The summed E-state index contributed by atoms with van der Waals surface area (Å²) < 4.78 is 9.34. The monoisotopic (exact) mass is 246 g/mol. The molecule has 0 atom stereocenters. The van der Waals surface area contributed by atoms with Crippen LogP contribution in [-0.2, 0) is 9.47 Å². The van der Waals surface area contributed by atoms with E-state index in [-0.39, 0.29) is 11.1 Å². The van der Waals surface area contributed by atoms with Crippen LogP contribution in [0, 0.1) is 0 Å². The summed E-state index contributed by atoms with van der Waals surface area (Å²) in [6.07, 6.45) is -1.25. The maximum Gasteiger partial charge on any atom is 0.410 e. The van der Waals surface area contributed by atoms with Crippen LogP contribution in [0.1, 0.15) is 41.5 Å². The first-order valence-electron chi connectivity index (χ1n) is 5.39. The molecule has 0 aromatic heterocycles. The van der Waals surface area contributed by atoms with Crippen molar-refractivity contribution in [2.75, 3.05) is 6.79 Å². The Labute approximate surface area is 102 Å². The number of hydrogen-bond acceptors (Lipinski definition) is 4. The molecule has 0 aromatic rings. The minimum atomic E-state index is -0.624. The van der Waals surface area contributed by atoms with Crippen LogP contribution in [0.3, 0.4) is 0 Å². The lowest BCUT2D eigenvalue weighted by Crippen LogP contribution is -2.43. The quantitative estimate of drug-likeness (QED) is 0.730. The second kappa shape index (κ2) is 5.75. The van der Waals surface area contributed by atoms with Crippen molar-refractivity contribution < 1.29 is 19.1 Å². The van der Waals surface area contributed by atoms with Crippen molar-refractivity contribution in [1.29, 1.82) is 0 Å². The van der Waals surface area contributed by atoms with Crippen LogP contribution in [0.15, 0.2) is 0 Å². The zero-order valence-electron chi connectivity index (χ0n) is 11.3. The number of rotatable bonds is 2. The minimum absolute atomic E-state index is 0.384. The molecule has 0 heterocycles. The number of hydrogen-bond donors (Lipinski definition) is 2. The number of carbonyl (C=O) groups excluding carboxylic acids is 2. The molecule has 0 unspecified atom stereocenters. The van der Waals surface area contributed by atoms with Crippen LogP contribution in [0.5, 0.6) is 0 Å². The van der Waals surface area contributed by atoms with E-state index < -0.39 is 19.0 Å². The first kappa shape index (κ1) is 15.5. The van der Waals surface area contributed by atoms with Gasteiger partial charge < -0.3 is 20.1 Å². The van der Waals surface area contributed by atoms with Crippen LogP contribution in [0.25, 0.3) is 0 Å². The summed E-state index contributed by atoms with van der Waals surface area (Å²) in [4.78, 5) is 22.4. The van der Waals surface area contributed by atoms with Gasteiger partial charge in [0.25, 0.3) is 0 Å². The molecule has 0 rings (SSSR count). The van der Waals surface area contributed by atoms with Crippen LogP contribution in [0.2, 0.25) is 0 Å². The van der Waals surface area contributed by atoms with Crippen molar-refractivity contribution in [1.82, 2.24) is 10.6 Å². The van der Waals surface area contributed by atoms with Gasteiger partial charge in [0.05, 0.1) is 0 Å². The van der Waals surface area contributed by atoms with Crippen molar-refractivity contribution in [3.05, 3.63) is 0 Å². The normalized spacial score (nSPS) is 11.6. The average Bonchev–Trinajstić information content (AvgIpc) is 1.95. The van der Waals surface area contributed by atoms with Gasteiger partial charge in [-0.05, 0) is 41.5 Å². The number of alkyl carbamates (subject to hydrolysis) is 2. The molecule has 0 spiro atoms. The van der Waals surface area contributed by atoms with Crippen molar-refractivity contribution in [3.63, 3.8) is 0 Å². The predicted octanol–water partition coefficient (Wildman–Crippen LogP) is 1.99. The number of ether oxygens (including phenoxy) is 2. The molecule has 6 nitrogen and oxygen atoms in total. The Morgan fingerprint density at radius 1 is 0.824 bits per heavy atom. The Hall–Kier alpha value is -1.46. The van der Waals surface area contributed by atoms with Gasteiger partial charge in [-0.2, -0.15) is 0 Å². The molecule has 100 valence electrons. The highest BCUT2D eigenvalue weighted by atomic mass is 16.7. The van der Waals surface area contributed by atoms with E-state index in [9.17, 15) is 9.59 Å². The topological polar surface area (TPSA) is 76.7 Å². The first-order valence-corrected chi connectivity index (χ1v) is 5.39. The molecule has 0 aliphatic rings. The van der Waals surface area contributed by atoms with Gasteiger partial charge in [0.1, 0.15) is 0 Å². The molecule has 0 radical (unpaired) electrons. The van der Waals surface area contributed by atoms with Gasteiger partial charge in [-0.1, -0.05) is 0 Å². The van der Waals surface area contributed by atoms with Gasteiger partial charge in [0, 0.05) is 11.1 Å². The molecular formula is C11H22N2O4. The molecule has 0 bridgehead atoms.